The lowest BCUT2D eigenvalue weighted by Crippen LogP contribution is -2.60. The van der Waals surface area contributed by atoms with Crippen LogP contribution in [-0.2, 0) is 14.4 Å². The van der Waals surface area contributed by atoms with Gasteiger partial charge < -0.3 is 25.4 Å². The first kappa shape index (κ1) is 25.8. The fraction of sp³-hybridized carbons (Fsp3) is 0.654. The van der Waals surface area contributed by atoms with Crippen LogP contribution in [0.2, 0.25) is 0 Å². The van der Waals surface area contributed by atoms with Crippen molar-refractivity contribution in [2.45, 2.75) is 75.6 Å². The van der Waals surface area contributed by atoms with E-state index in [0.29, 0.717) is 12.3 Å². The molecule has 192 valence electrons. The molecule has 3 saturated heterocycles. The molecule has 2 bridgehead atoms. The molecule has 3 fully saturated rings. The number of amides is 3. The first-order valence-corrected chi connectivity index (χ1v) is 13.3. The highest BCUT2D eigenvalue weighted by Gasteiger charge is 2.76. The minimum atomic E-state index is -0.741. The first-order valence-electron chi connectivity index (χ1n) is 12.4. The molecule has 3 aliphatic rings. The lowest BCUT2D eigenvalue weighted by atomic mass is 9.65. The Balaban J connectivity index is 1.67. The summed E-state index contributed by atoms with van der Waals surface area (Å²) in [6, 6.07) is 5.91. The van der Waals surface area contributed by atoms with Crippen LogP contribution < -0.4 is 15.4 Å². The van der Waals surface area contributed by atoms with Crippen molar-refractivity contribution in [2.24, 2.45) is 17.8 Å². The highest BCUT2D eigenvalue weighted by Crippen LogP contribution is 2.68. The highest BCUT2D eigenvalue weighted by molar-refractivity contribution is 8.02. The van der Waals surface area contributed by atoms with Crippen LogP contribution >= 0.6 is 11.8 Å². The average molecular weight is 504 g/mol. The summed E-state index contributed by atoms with van der Waals surface area (Å²) < 4.78 is 4.77. The molecule has 3 heterocycles. The van der Waals surface area contributed by atoms with Crippen LogP contribution in [0.4, 0.5) is 5.69 Å². The van der Waals surface area contributed by atoms with E-state index in [1.54, 1.807) is 47.9 Å². The van der Waals surface area contributed by atoms with Crippen molar-refractivity contribution >= 4 is 35.2 Å². The number of hydrogen-bond acceptors (Lipinski definition) is 6. The van der Waals surface area contributed by atoms with Gasteiger partial charge in [-0.15, -0.1) is 11.8 Å². The molecule has 0 aliphatic carbocycles. The van der Waals surface area contributed by atoms with Gasteiger partial charge in [0.15, 0.2) is 0 Å². The predicted octanol–water partition coefficient (Wildman–Crippen LogP) is 2.66. The number of aliphatic hydroxyl groups excluding tert-OH is 1. The number of hydrogen-bond donors (Lipinski definition) is 3. The standard InChI is InChI=1S/C26H37N3O5S/c1-7-34-17-10-8-16(9-11-17)27-22(31)19-18-12-14(2)26(35-18)20(19)24(33)29(15(3)13-30)21(26)23(32)28-25(4,5)6/h8-11,14-15,18-21,30H,7,12-13H2,1-6H3,(H,27,31)(H,28,32)/t14?,15-,18+,19-,20+,21?,26?/m1/s1. The zero-order valence-electron chi connectivity index (χ0n) is 21.3. The van der Waals surface area contributed by atoms with Crippen LogP contribution in [0.1, 0.15) is 48.0 Å². The van der Waals surface area contributed by atoms with Crippen molar-refractivity contribution in [3.63, 3.8) is 0 Å². The molecule has 0 radical (unpaired) electrons. The van der Waals surface area contributed by atoms with Gasteiger partial charge in [-0.1, -0.05) is 6.92 Å². The number of carbonyl (C=O) groups is 3. The molecule has 35 heavy (non-hydrogen) atoms. The quantitative estimate of drug-likeness (QED) is 0.528. The van der Waals surface area contributed by atoms with E-state index in [4.69, 9.17) is 4.74 Å². The molecule has 3 amide bonds. The third-order valence-corrected chi connectivity index (χ3v) is 9.48. The van der Waals surface area contributed by atoms with Gasteiger partial charge >= 0.3 is 0 Å². The van der Waals surface area contributed by atoms with Gasteiger partial charge in [0.05, 0.1) is 35.8 Å². The molecule has 3 unspecified atom stereocenters. The monoisotopic (exact) mass is 503 g/mol. The minimum Gasteiger partial charge on any atom is -0.494 e. The number of anilines is 1. The Morgan fingerprint density at radius 1 is 1.26 bits per heavy atom. The molecular weight excluding hydrogens is 466 g/mol. The molecule has 1 aromatic rings. The zero-order valence-corrected chi connectivity index (χ0v) is 22.1. The first-order chi connectivity index (χ1) is 16.4. The van der Waals surface area contributed by atoms with Gasteiger partial charge in [0.2, 0.25) is 17.7 Å². The van der Waals surface area contributed by atoms with Crippen molar-refractivity contribution in [3.05, 3.63) is 24.3 Å². The maximum atomic E-state index is 13.9. The van der Waals surface area contributed by atoms with Gasteiger partial charge in [0.25, 0.3) is 0 Å². The molecule has 0 saturated carbocycles. The molecule has 7 atom stereocenters. The molecular formula is C26H37N3O5S. The van der Waals surface area contributed by atoms with Crippen molar-refractivity contribution in [1.29, 1.82) is 0 Å². The van der Waals surface area contributed by atoms with E-state index in [1.807, 2.05) is 27.7 Å². The van der Waals surface area contributed by atoms with Crippen LogP contribution in [0.25, 0.3) is 0 Å². The maximum Gasteiger partial charge on any atom is 0.244 e. The maximum absolute atomic E-state index is 13.9. The molecule has 8 nitrogen and oxygen atoms in total. The number of rotatable bonds is 7. The second-order valence-electron chi connectivity index (χ2n) is 11.0. The van der Waals surface area contributed by atoms with Gasteiger partial charge in [-0.3, -0.25) is 14.4 Å². The van der Waals surface area contributed by atoms with Gasteiger partial charge in [0, 0.05) is 16.5 Å². The fourth-order valence-electron chi connectivity index (χ4n) is 6.09. The SMILES string of the molecule is CCOc1ccc(NC(=O)[C@@H]2[C@@H]3CC(C)C4(S3)C(C(=O)NC(C)(C)C)N([C@H](C)CO)C(=O)[C@H]24)cc1. The van der Waals surface area contributed by atoms with E-state index < -0.39 is 34.2 Å². The van der Waals surface area contributed by atoms with E-state index in [-0.39, 0.29) is 35.5 Å². The molecule has 1 spiro atoms. The Labute approximate surface area is 211 Å². The second kappa shape index (κ2) is 9.32. The van der Waals surface area contributed by atoms with Gasteiger partial charge in [-0.25, -0.2) is 0 Å². The van der Waals surface area contributed by atoms with Crippen LogP contribution in [0.5, 0.6) is 5.75 Å². The van der Waals surface area contributed by atoms with E-state index in [0.717, 1.165) is 12.2 Å². The number of nitrogens with zero attached hydrogens (tertiary/aromatic N) is 1. The van der Waals surface area contributed by atoms with Gasteiger partial charge in [0.1, 0.15) is 11.8 Å². The minimum absolute atomic E-state index is 0.0434. The summed E-state index contributed by atoms with van der Waals surface area (Å²) in [5, 5.41) is 16.0. The van der Waals surface area contributed by atoms with Crippen LogP contribution in [0.3, 0.4) is 0 Å². The zero-order chi connectivity index (χ0) is 25.7. The van der Waals surface area contributed by atoms with Crippen molar-refractivity contribution in [1.82, 2.24) is 10.2 Å². The van der Waals surface area contributed by atoms with Crippen molar-refractivity contribution in [2.75, 3.05) is 18.5 Å². The number of likely N-dealkylation sites (tertiary alicyclic amines) is 1. The predicted molar refractivity (Wildman–Crippen MR) is 136 cm³/mol. The lowest BCUT2D eigenvalue weighted by Gasteiger charge is -2.40. The number of ether oxygens (including phenoxy) is 1. The Morgan fingerprint density at radius 3 is 2.49 bits per heavy atom. The van der Waals surface area contributed by atoms with Crippen molar-refractivity contribution < 1.29 is 24.2 Å². The molecule has 4 rings (SSSR count). The molecule has 0 aromatic heterocycles. The van der Waals surface area contributed by atoms with Gasteiger partial charge in [-0.2, -0.15) is 0 Å². The number of thioether (sulfide) groups is 1. The van der Waals surface area contributed by atoms with E-state index in [2.05, 4.69) is 17.6 Å². The molecule has 3 N–H and O–H groups in total. The molecule has 9 heteroatoms. The van der Waals surface area contributed by atoms with E-state index >= 15 is 0 Å². The summed E-state index contributed by atoms with van der Waals surface area (Å²) in [7, 11) is 0. The smallest absolute Gasteiger partial charge is 0.244 e. The number of nitrogens with one attached hydrogen (secondary N) is 2. The summed E-state index contributed by atoms with van der Waals surface area (Å²) in [4.78, 5) is 42.7. The lowest BCUT2D eigenvalue weighted by molar-refractivity contribution is -0.142. The Bertz CT molecular complexity index is 994. The Morgan fingerprint density at radius 2 is 1.91 bits per heavy atom. The number of carbonyl (C=O) groups excluding carboxylic acids is 3. The third kappa shape index (κ3) is 4.31. The third-order valence-electron chi connectivity index (χ3n) is 7.40. The Hall–Kier alpha value is -2.26. The van der Waals surface area contributed by atoms with E-state index in [1.165, 1.54) is 0 Å². The summed E-state index contributed by atoms with van der Waals surface area (Å²) in [6.45, 7) is 11.8. The second-order valence-corrected chi connectivity index (χ2v) is 12.6. The van der Waals surface area contributed by atoms with Gasteiger partial charge in [-0.05, 0) is 71.2 Å². The largest absolute Gasteiger partial charge is 0.494 e. The summed E-state index contributed by atoms with van der Waals surface area (Å²) >= 11 is 1.63. The summed E-state index contributed by atoms with van der Waals surface area (Å²) in [6.07, 6.45) is 0.760. The topological polar surface area (TPSA) is 108 Å². The Kier molecular flexibility index (Phi) is 6.87. The van der Waals surface area contributed by atoms with Crippen LogP contribution in [-0.4, -0.2) is 68.6 Å². The summed E-state index contributed by atoms with van der Waals surface area (Å²) in [5.41, 5.74) is 0.166. The van der Waals surface area contributed by atoms with Crippen LogP contribution in [0, 0.1) is 17.8 Å². The van der Waals surface area contributed by atoms with Crippen LogP contribution in [0.15, 0.2) is 24.3 Å². The van der Waals surface area contributed by atoms with E-state index in [9.17, 15) is 19.5 Å². The molecule has 3 aliphatic heterocycles. The van der Waals surface area contributed by atoms with Crippen molar-refractivity contribution in [3.8, 4) is 5.75 Å². The number of aliphatic hydroxyl groups is 1. The fourth-order valence-corrected chi connectivity index (χ4v) is 8.49. The average Bonchev–Trinajstić information content (AvgIpc) is 3.37. The normalized spacial score (nSPS) is 32.4. The highest BCUT2D eigenvalue weighted by atomic mass is 32.2. The number of benzene rings is 1. The number of fused-ring (bicyclic) bond motifs is 1. The summed E-state index contributed by atoms with van der Waals surface area (Å²) in [5.74, 6) is -0.999. The molecule has 1 aromatic carbocycles.